The molecule has 1 aliphatic rings. The highest BCUT2D eigenvalue weighted by Gasteiger charge is 2.47. The van der Waals surface area contributed by atoms with E-state index < -0.39 is 29.2 Å². The van der Waals surface area contributed by atoms with Gasteiger partial charge in [-0.05, 0) is 67.6 Å². The first-order valence-electron chi connectivity index (χ1n) is 12.1. The van der Waals surface area contributed by atoms with E-state index in [0.717, 1.165) is 16.5 Å². The summed E-state index contributed by atoms with van der Waals surface area (Å²) in [5.74, 6) is 0.301. The van der Waals surface area contributed by atoms with Crippen LogP contribution < -0.4 is 0 Å². The van der Waals surface area contributed by atoms with E-state index in [-0.39, 0.29) is 16.9 Å². The fraction of sp³-hybridized carbons (Fsp3) is 0.519. The molecule has 35 heavy (non-hydrogen) atoms. The molecule has 0 spiro atoms. The molecule has 8 heteroatoms. The predicted molar refractivity (Wildman–Crippen MR) is 150 cm³/mol. The highest BCUT2D eigenvalue weighted by Crippen LogP contribution is 2.42. The Balaban J connectivity index is 1.86. The molecule has 3 rings (SSSR count). The molecule has 0 aliphatic carbocycles. The molecule has 0 bridgehead atoms. The van der Waals surface area contributed by atoms with E-state index >= 15 is 0 Å². The normalized spacial score (nSPS) is 20.6. The maximum atomic E-state index is 13.4. The zero-order chi connectivity index (χ0) is 26.1. The van der Waals surface area contributed by atoms with Crippen LogP contribution in [0.5, 0.6) is 0 Å². The fourth-order valence-electron chi connectivity index (χ4n) is 4.25. The highest BCUT2D eigenvalue weighted by molar-refractivity contribution is 9.10. The lowest BCUT2D eigenvalue weighted by Crippen LogP contribution is -2.43. The molecule has 2 atom stereocenters. The van der Waals surface area contributed by atoms with E-state index in [2.05, 4.69) is 66.3 Å². The van der Waals surface area contributed by atoms with Crippen LogP contribution in [0.1, 0.15) is 69.8 Å². The summed E-state index contributed by atoms with van der Waals surface area (Å²) in [6, 6.07) is 17.5. The molecule has 0 saturated heterocycles. The second kappa shape index (κ2) is 10.5. The lowest BCUT2D eigenvalue weighted by molar-refractivity contribution is 0.0798. The van der Waals surface area contributed by atoms with E-state index in [9.17, 15) is 8.42 Å². The Kier molecular flexibility index (Phi) is 8.41. The minimum absolute atomic E-state index is 0.0353. The Morgan fingerprint density at radius 1 is 1.11 bits per heavy atom. The number of rotatable bonds is 8. The largest absolute Gasteiger partial charge is 0.472 e. The van der Waals surface area contributed by atoms with Crippen molar-refractivity contribution in [2.45, 2.75) is 82.4 Å². The van der Waals surface area contributed by atoms with Gasteiger partial charge >= 0.3 is 0 Å². The van der Waals surface area contributed by atoms with Gasteiger partial charge in [0.25, 0.3) is 10.0 Å². The average molecular weight is 581 g/mol. The van der Waals surface area contributed by atoms with Gasteiger partial charge in [0.1, 0.15) is 10.9 Å². The van der Waals surface area contributed by atoms with Crippen LogP contribution in [0.4, 0.5) is 0 Å². The zero-order valence-electron chi connectivity index (χ0n) is 21.8. The molecular weight excluding hydrogens is 542 g/mol. The Bertz CT molecular complexity index is 1160. The summed E-state index contributed by atoms with van der Waals surface area (Å²) >= 11 is 3.44. The van der Waals surface area contributed by atoms with Gasteiger partial charge in [-0.15, -0.1) is 4.40 Å². The summed E-state index contributed by atoms with van der Waals surface area (Å²) in [6.45, 7) is 15.4. The van der Waals surface area contributed by atoms with Crippen molar-refractivity contribution in [3.8, 4) is 0 Å². The minimum atomic E-state index is -3.82. The number of sulfonamides is 1. The molecule has 1 aliphatic heterocycles. The fourth-order valence-corrected chi connectivity index (χ4v) is 7.48. The number of hydrogen-bond donors (Lipinski definition) is 0. The van der Waals surface area contributed by atoms with Crippen LogP contribution in [0, 0.1) is 0 Å². The molecule has 1 heterocycles. The van der Waals surface area contributed by atoms with Gasteiger partial charge in [0.2, 0.25) is 5.90 Å². The molecule has 0 radical (unpaired) electrons. The molecule has 0 saturated carbocycles. The Labute approximate surface area is 220 Å². The summed E-state index contributed by atoms with van der Waals surface area (Å²) in [4.78, 5) is 0. The predicted octanol–water partition coefficient (Wildman–Crippen LogP) is 7.61. The van der Waals surface area contributed by atoms with Gasteiger partial charge in [-0.25, -0.2) is 8.42 Å². The molecule has 2 aromatic carbocycles. The van der Waals surface area contributed by atoms with Crippen molar-refractivity contribution >= 4 is 40.2 Å². The summed E-state index contributed by atoms with van der Waals surface area (Å²) in [7, 11) is -5.71. The molecule has 1 unspecified atom stereocenters. The molecule has 0 amide bonds. The first-order chi connectivity index (χ1) is 16.1. The monoisotopic (exact) mass is 579 g/mol. The summed E-state index contributed by atoms with van der Waals surface area (Å²) in [5, 5.41) is -0.751. The third kappa shape index (κ3) is 6.84. The van der Waals surface area contributed by atoms with Gasteiger partial charge in [-0.3, -0.25) is 0 Å². The number of hydrogen-bond acceptors (Lipinski definition) is 4. The van der Waals surface area contributed by atoms with Crippen molar-refractivity contribution in [2.24, 2.45) is 4.40 Å². The SMILES string of the molecule is CC1(C)OC(C[C@@H](CCO[Si](C)(C)C(C)(C)C)c2ccccc2)=NS(=O)(=O)C1c1cccc(Br)c1. The Hall–Kier alpha value is -1.48. The average Bonchev–Trinajstić information content (AvgIpc) is 2.71. The minimum Gasteiger partial charge on any atom is -0.472 e. The van der Waals surface area contributed by atoms with E-state index in [4.69, 9.17) is 9.16 Å². The zero-order valence-corrected chi connectivity index (χ0v) is 25.2. The maximum Gasteiger partial charge on any atom is 0.267 e. The van der Waals surface area contributed by atoms with Crippen LogP contribution in [0.3, 0.4) is 0 Å². The van der Waals surface area contributed by atoms with Gasteiger partial charge in [-0.2, -0.15) is 0 Å². The van der Waals surface area contributed by atoms with Crippen LogP contribution >= 0.6 is 15.9 Å². The number of nitrogens with zero attached hydrogens (tertiary/aromatic N) is 1. The van der Waals surface area contributed by atoms with Gasteiger partial charge in [0, 0.05) is 17.5 Å². The number of benzene rings is 2. The van der Waals surface area contributed by atoms with Crippen molar-refractivity contribution < 1.29 is 17.6 Å². The molecule has 0 aromatic heterocycles. The Morgan fingerprint density at radius 3 is 2.34 bits per heavy atom. The van der Waals surface area contributed by atoms with Crippen molar-refractivity contribution in [3.05, 3.63) is 70.2 Å². The van der Waals surface area contributed by atoms with E-state index in [1.165, 1.54) is 0 Å². The number of ether oxygens (including phenoxy) is 1. The van der Waals surface area contributed by atoms with Gasteiger partial charge < -0.3 is 9.16 Å². The number of halogens is 1. The quantitative estimate of drug-likeness (QED) is 0.302. The van der Waals surface area contributed by atoms with Crippen LogP contribution in [0.25, 0.3) is 0 Å². The third-order valence-corrected chi connectivity index (χ3v) is 14.0. The summed E-state index contributed by atoms with van der Waals surface area (Å²) in [6.07, 6.45) is 1.16. The first-order valence-corrected chi connectivity index (χ1v) is 17.3. The van der Waals surface area contributed by atoms with Gasteiger partial charge in [0.15, 0.2) is 8.32 Å². The molecule has 0 N–H and O–H groups in total. The summed E-state index contributed by atoms with van der Waals surface area (Å²) < 4.78 is 44.5. The van der Waals surface area contributed by atoms with Crippen LogP contribution in [-0.4, -0.2) is 34.8 Å². The molecule has 5 nitrogen and oxygen atoms in total. The van der Waals surface area contributed by atoms with Crippen molar-refractivity contribution in [2.75, 3.05) is 6.61 Å². The lowest BCUT2D eigenvalue weighted by Gasteiger charge is -2.38. The second-order valence-corrected chi connectivity index (χ2v) is 18.8. The van der Waals surface area contributed by atoms with Crippen LogP contribution in [0.2, 0.25) is 18.1 Å². The molecule has 2 aromatic rings. The van der Waals surface area contributed by atoms with Crippen molar-refractivity contribution in [1.82, 2.24) is 0 Å². The molecule has 192 valence electrons. The van der Waals surface area contributed by atoms with E-state index in [0.29, 0.717) is 18.6 Å². The Morgan fingerprint density at radius 2 is 1.77 bits per heavy atom. The maximum absolute atomic E-state index is 13.4. The van der Waals surface area contributed by atoms with E-state index in [1.807, 2.05) is 56.3 Å². The van der Waals surface area contributed by atoms with E-state index in [1.54, 1.807) is 0 Å². The van der Waals surface area contributed by atoms with Crippen LogP contribution in [0.15, 0.2) is 63.5 Å². The smallest absolute Gasteiger partial charge is 0.267 e. The first kappa shape index (κ1) is 28.1. The third-order valence-electron chi connectivity index (χ3n) is 7.12. The van der Waals surface area contributed by atoms with Crippen molar-refractivity contribution in [3.63, 3.8) is 0 Å². The topological polar surface area (TPSA) is 65.0 Å². The van der Waals surface area contributed by atoms with Crippen LogP contribution in [-0.2, 0) is 19.2 Å². The standard InChI is InChI=1S/C27H38BrNO4SSi/c1-26(2,3)35(6,7)32-17-16-21(20-12-9-8-10-13-20)19-24-29-34(30,31)25(27(4,5)33-24)22-14-11-15-23(28)18-22/h8-15,18,21,25H,16-17,19H2,1-7H3/t21-,25?/m1/s1. The highest BCUT2D eigenvalue weighted by atomic mass is 79.9. The lowest BCUT2D eigenvalue weighted by atomic mass is 9.92. The van der Waals surface area contributed by atoms with Gasteiger partial charge in [0.05, 0.1) is 0 Å². The molecular formula is C27H38BrNO4SSi. The summed E-state index contributed by atoms with van der Waals surface area (Å²) in [5.41, 5.74) is 0.826. The van der Waals surface area contributed by atoms with Gasteiger partial charge in [-0.1, -0.05) is 79.2 Å². The second-order valence-electron chi connectivity index (χ2n) is 11.3. The molecule has 0 fully saturated rings. The van der Waals surface area contributed by atoms with Crippen molar-refractivity contribution in [1.29, 1.82) is 0 Å².